The molecule has 1 aromatic rings. The number of alkyl carbamates (subject to hydrolysis) is 1. The molecule has 7 nitrogen and oxygen atoms in total. The molecular formula is C14H23N3O4. The number of aliphatic hydroxyl groups is 1. The van der Waals surface area contributed by atoms with Crippen molar-refractivity contribution in [2.75, 3.05) is 19.8 Å². The minimum atomic E-state index is -0.580. The molecule has 118 valence electrons. The van der Waals surface area contributed by atoms with Crippen LogP contribution in [-0.4, -0.2) is 46.2 Å². The maximum Gasteiger partial charge on any atom is 0.408 e. The first-order valence-corrected chi connectivity index (χ1v) is 7.10. The van der Waals surface area contributed by atoms with Gasteiger partial charge in [-0.2, -0.15) is 0 Å². The SMILES string of the molecule is CC(C)(C)OC(=O)NC(CO)c1cncn1C1CCOC1. The minimum absolute atomic E-state index is 0.192. The molecule has 2 heterocycles. The maximum absolute atomic E-state index is 11.9. The highest BCUT2D eigenvalue weighted by atomic mass is 16.6. The van der Waals surface area contributed by atoms with Crippen molar-refractivity contribution in [3.05, 3.63) is 18.2 Å². The van der Waals surface area contributed by atoms with Crippen molar-refractivity contribution in [1.29, 1.82) is 0 Å². The summed E-state index contributed by atoms with van der Waals surface area (Å²) in [6.45, 7) is 6.49. The molecule has 2 N–H and O–H groups in total. The Hall–Kier alpha value is -1.60. The molecule has 1 fully saturated rings. The number of hydrogen-bond acceptors (Lipinski definition) is 5. The normalized spacial score (nSPS) is 20.3. The van der Waals surface area contributed by atoms with Crippen molar-refractivity contribution in [3.8, 4) is 0 Å². The van der Waals surface area contributed by atoms with Crippen LogP contribution < -0.4 is 5.32 Å². The molecule has 7 heteroatoms. The summed E-state index contributed by atoms with van der Waals surface area (Å²) in [6.07, 6.45) is 3.69. The van der Waals surface area contributed by atoms with E-state index in [9.17, 15) is 9.90 Å². The molecule has 1 saturated heterocycles. The second-order valence-corrected chi connectivity index (χ2v) is 6.12. The summed E-state index contributed by atoms with van der Waals surface area (Å²) in [5.41, 5.74) is 0.169. The molecule has 0 spiro atoms. The molecule has 1 aromatic heterocycles. The summed E-state index contributed by atoms with van der Waals surface area (Å²) in [7, 11) is 0. The van der Waals surface area contributed by atoms with E-state index in [-0.39, 0.29) is 12.6 Å². The average Bonchev–Trinajstić information content (AvgIpc) is 3.03. The summed E-state index contributed by atoms with van der Waals surface area (Å²) in [5, 5.41) is 12.2. The molecule has 21 heavy (non-hydrogen) atoms. The third kappa shape index (κ3) is 4.18. The molecule has 2 rings (SSSR count). The Balaban J connectivity index is 2.07. The molecule has 0 bridgehead atoms. The van der Waals surface area contributed by atoms with Crippen molar-refractivity contribution in [1.82, 2.24) is 14.9 Å². The number of aliphatic hydroxyl groups excluding tert-OH is 1. The van der Waals surface area contributed by atoms with Gasteiger partial charge in [-0.3, -0.25) is 0 Å². The molecule has 0 aromatic carbocycles. The van der Waals surface area contributed by atoms with Crippen LogP contribution in [0.1, 0.15) is 45.0 Å². The Morgan fingerprint density at radius 1 is 1.67 bits per heavy atom. The number of imidazole rings is 1. The Bertz CT molecular complexity index is 475. The van der Waals surface area contributed by atoms with Crippen LogP contribution in [0.5, 0.6) is 0 Å². The highest BCUT2D eigenvalue weighted by Crippen LogP contribution is 2.24. The highest BCUT2D eigenvalue weighted by molar-refractivity contribution is 5.68. The summed E-state index contributed by atoms with van der Waals surface area (Å²) in [6, 6.07) is -0.361. The third-order valence-corrected chi connectivity index (χ3v) is 3.23. The Kier molecular flexibility index (Phi) is 4.84. The van der Waals surface area contributed by atoms with Crippen LogP contribution in [0.2, 0.25) is 0 Å². The number of carbonyl (C=O) groups excluding carboxylic acids is 1. The monoisotopic (exact) mass is 297 g/mol. The fourth-order valence-electron chi connectivity index (χ4n) is 2.29. The first-order chi connectivity index (χ1) is 9.90. The lowest BCUT2D eigenvalue weighted by atomic mass is 10.2. The van der Waals surface area contributed by atoms with Gasteiger partial charge in [0, 0.05) is 6.61 Å². The molecule has 2 atom stereocenters. The van der Waals surface area contributed by atoms with Gasteiger partial charge in [0.15, 0.2) is 0 Å². The topological polar surface area (TPSA) is 85.6 Å². The van der Waals surface area contributed by atoms with E-state index in [0.29, 0.717) is 13.2 Å². The zero-order valence-corrected chi connectivity index (χ0v) is 12.7. The molecule has 0 saturated carbocycles. The Morgan fingerprint density at radius 2 is 2.43 bits per heavy atom. The lowest BCUT2D eigenvalue weighted by Crippen LogP contribution is -2.37. The smallest absolute Gasteiger partial charge is 0.408 e. The van der Waals surface area contributed by atoms with Gasteiger partial charge in [0.2, 0.25) is 0 Å². The van der Waals surface area contributed by atoms with Crippen molar-refractivity contribution in [2.24, 2.45) is 0 Å². The van der Waals surface area contributed by atoms with Gasteiger partial charge in [0.05, 0.1) is 43.5 Å². The number of carbonyl (C=O) groups is 1. The van der Waals surface area contributed by atoms with E-state index in [1.807, 2.05) is 4.57 Å². The van der Waals surface area contributed by atoms with Gasteiger partial charge >= 0.3 is 6.09 Å². The fraction of sp³-hybridized carbons (Fsp3) is 0.714. The number of aromatic nitrogens is 2. The van der Waals surface area contributed by atoms with Crippen LogP contribution in [0.4, 0.5) is 4.79 Å². The van der Waals surface area contributed by atoms with E-state index in [0.717, 1.165) is 12.1 Å². The minimum Gasteiger partial charge on any atom is -0.444 e. The number of nitrogens with one attached hydrogen (secondary N) is 1. The standard InChI is InChI=1S/C14H23N3O4/c1-14(2,3)21-13(19)16-11(7-18)12-6-15-9-17(12)10-4-5-20-8-10/h6,9-11,18H,4-5,7-8H2,1-3H3,(H,16,19). The van der Waals surface area contributed by atoms with E-state index in [1.54, 1.807) is 33.3 Å². The Morgan fingerprint density at radius 3 is 3.00 bits per heavy atom. The van der Waals surface area contributed by atoms with E-state index < -0.39 is 17.7 Å². The second-order valence-electron chi connectivity index (χ2n) is 6.12. The molecule has 1 aliphatic rings. The van der Waals surface area contributed by atoms with Crippen LogP contribution in [-0.2, 0) is 9.47 Å². The van der Waals surface area contributed by atoms with E-state index >= 15 is 0 Å². The summed E-state index contributed by atoms with van der Waals surface area (Å²) < 4.78 is 12.5. The average molecular weight is 297 g/mol. The second kappa shape index (κ2) is 6.44. The predicted molar refractivity (Wildman–Crippen MR) is 75.9 cm³/mol. The predicted octanol–water partition coefficient (Wildman–Crippen LogP) is 1.40. The molecule has 0 radical (unpaired) electrons. The quantitative estimate of drug-likeness (QED) is 0.877. The van der Waals surface area contributed by atoms with Gasteiger partial charge in [-0.25, -0.2) is 9.78 Å². The first-order valence-electron chi connectivity index (χ1n) is 7.10. The summed E-state index contributed by atoms with van der Waals surface area (Å²) >= 11 is 0. The van der Waals surface area contributed by atoms with E-state index in [1.165, 1.54) is 0 Å². The first kappa shape index (κ1) is 15.8. The fourth-order valence-corrected chi connectivity index (χ4v) is 2.29. The number of amides is 1. The zero-order valence-electron chi connectivity index (χ0n) is 12.7. The lowest BCUT2D eigenvalue weighted by Gasteiger charge is -2.24. The number of hydrogen-bond donors (Lipinski definition) is 2. The Labute approximate surface area is 124 Å². The molecule has 2 unspecified atom stereocenters. The van der Waals surface area contributed by atoms with Crippen LogP contribution in [0.3, 0.4) is 0 Å². The van der Waals surface area contributed by atoms with Gasteiger partial charge in [0.1, 0.15) is 5.60 Å². The van der Waals surface area contributed by atoms with Crippen LogP contribution in [0.25, 0.3) is 0 Å². The molecular weight excluding hydrogens is 274 g/mol. The third-order valence-electron chi connectivity index (χ3n) is 3.23. The summed E-state index contributed by atoms with van der Waals surface area (Å²) in [5.74, 6) is 0. The van der Waals surface area contributed by atoms with Gasteiger partial charge in [-0.15, -0.1) is 0 Å². The van der Waals surface area contributed by atoms with Gasteiger partial charge < -0.3 is 24.5 Å². The van der Waals surface area contributed by atoms with Crippen molar-refractivity contribution >= 4 is 6.09 Å². The van der Waals surface area contributed by atoms with Crippen LogP contribution in [0.15, 0.2) is 12.5 Å². The zero-order chi connectivity index (χ0) is 15.5. The molecule has 1 amide bonds. The lowest BCUT2D eigenvalue weighted by molar-refractivity contribution is 0.0478. The maximum atomic E-state index is 11.9. The number of nitrogens with zero attached hydrogens (tertiary/aromatic N) is 2. The van der Waals surface area contributed by atoms with Crippen molar-refractivity contribution in [3.63, 3.8) is 0 Å². The van der Waals surface area contributed by atoms with E-state index in [4.69, 9.17) is 9.47 Å². The highest BCUT2D eigenvalue weighted by Gasteiger charge is 2.26. The van der Waals surface area contributed by atoms with Gasteiger partial charge in [0.25, 0.3) is 0 Å². The number of rotatable bonds is 4. The van der Waals surface area contributed by atoms with Crippen molar-refractivity contribution in [2.45, 2.75) is 44.9 Å². The largest absolute Gasteiger partial charge is 0.444 e. The van der Waals surface area contributed by atoms with E-state index in [2.05, 4.69) is 10.3 Å². The number of ether oxygens (including phenoxy) is 2. The molecule has 0 aliphatic carbocycles. The van der Waals surface area contributed by atoms with Crippen molar-refractivity contribution < 1.29 is 19.4 Å². The summed E-state index contributed by atoms with van der Waals surface area (Å²) in [4.78, 5) is 16.0. The van der Waals surface area contributed by atoms with Gasteiger partial charge in [-0.05, 0) is 27.2 Å². The van der Waals surface area contributed by atoms with Crippen LogP contribution >= 0.6 is 0 Å². The van der Waals surface area contributed by atoms with Crippen LogP contribution in [0, 0.1) is 0 Å². The van der Waals surface area contributed by atoms with Gasteiger partial charge in [-0.1, -0.05) is 0 Å². The molecule has 1 aliphatic heterocycles.